The second-order valence-corrected chi connectivity index (χ2v) is 7.98. The number of piperidine rings is 1. The maximum atomic E-state index is 12.7. The van der Waals surface area contributed by atoms with Gasteiger partial charge in [0.25, 0.3) is 0 Å². The number of likely N-dealkylation sites (tertiary alicyclic amines) is 1. The SMILES string of the molecule is Cc1noc(C)c1CN1CC[C@H]2OCC[C@@H](C(=O)NCC3CC3)[C@@H]2C1. The molecular weight excluding hydrogens is 318 g/mol. The largest absolute Gasteiger partial charge is 0.378 e. The third-order valence-corrected chi connectivity index (χ3v) is 6.12. The Bertz CT molecular complexity index is 606. The molecule has 0 bridgehead atoms. The molecule has 1 aromatic heterocycles. The van der Waals surface area contributed by atoms with Gasteiger partial charge in [-0.05, 0) is 45.4 Å². The fraction of sp³-hybridized carbons (Fsp3) is 0.789. The fourth-order valence-electron chi connectivity index (χ4n) is 4.30. The summed E-state index contributed by atoms with van der Waals surface area (Å²) in [5.41, 5.74) is 2.16. The second-order valence-electron chi connectivity index (χ2n) is 7.98. The summed E-state index contributed by atoms with van der Waals surface area (Å²) in [6.45, 7) is 8.30. The van der Waals surface area contributed by atoms with Crippen molar-refractivity contribution < 1.29 is 14.1 Å². The quantitative estimate of drug-likeness (QED) is 0.883. The van der Waals surface area contributed by atoms with E-state index < -0.39 is 0 Å². The van der Waals surface area contributed by atoms with Crippen LogP contribution < -0.4 is 5.32 Å². The Kier molecular flexibility index (Phi) is 4.82. The van der Waals surface area contributed by atoms with Crippen molar-refractivity contribution in [3.8, 4) is 0 Å². The summed E-state index contributed by atoms with van der Waals surface area (Å²) in [4.78, 5) is 15.1. The summed E-state index contributed by atoms with van der Waals surface area (Å²) in [7, 11) is 0. The van der Waals surface area contributed by atoms with Gasteiger partial charge < -0.3 is 14.6 Å². The van der Waals surface area contributed by atoms with Gasteiger partial charge in [0, 0.05) is 50.2 Å². The molecule has 0 spiro atoms. The average Bonchev–Trinajstić information content (AvgIpc) is 3.40. The minimum atomic E-state index is 0.0879. The molecule has 1 N–H and O–H groups in total. The minimum Gasteiger partial charge on any atom is -0.378 e. The molecule has 3 aliphatic rings. The van der Waals surface area contributed by atoms with Crippen LogP contribution in [0.5, 0.6) is 0 Å². The van der Waals surface area contributed by atoms with E-state index in [4.69, 9.17) is 9.26 Å². The van der Waals surface area contributed by atoms with Gasteiger partial charge in [-0.25, -0.2) is 0 Å². The van der Waals surface area contributed by atoms with Gasteiger partial charge >= 0.3 is 0 Å². The summed E-state index contributed by atoms with van der Waals surface area (Å²) in [6, 6.07) is 0. The van der Waals surface area contributed by atoms with Crippen LogP contribution >= 0.6 is 0 Å². The van der Waals surface area contributed by atoms with Crippen LogP contribution in [-0.2, 0) is 16.1 Å². The van der Waals surface area contributed by atoms with Gasteiger partial charge in [-0.15, -0.1) is 0 Å². The normalized spacial score (nSPS) is 30.1. The van der Waals surface area contributed by atoms with E-state index in [1.807, 2.05) is 13.8 Å². The predicted octanol–water partition coefficient (Wildman–Crippen LogP) is 2.04. The zero-order valence-electron chi connectivity index (χ0n) is 15.3. The lowest BCUT2D eigenvalue weighted by Crippen LogP contribution is -2.53. The Morgan fingerprint density at radius 3 is 2.84 bits per heavy atom. The Balaban J connectivity index is 1.40. The summed E-state index contributed by atoms with van der Waals surface area (Å²) in [5, 5.41) is 7.25. The fourth-order valence-corrected chi connectivity index (χ4v) is 4.30. The topological polar surface area (TPSA) is 67.6 Å². The van der Waals surface area contributed by atoms with Crippen LogP contribution in [0.1, 0.15) is 42.7 Å². The molecule has 0 unspecified atom stereocenters. The first-order valence-corrected chi connectivity index (χ1v) is 9.65. The molecule has 4 rings (SSSR count). The van der Waals surface area contributed by atoms with E-state index >= 15 is 0 Å². The number of carbonyl (C=O) groups excluding carboxylic acids is 1. The zero-order chi connectivity index (χ0) is 17.4. The van der Waals surface area contributed by atoms with Gasteiger partial charge in [-0.1, -0.05) is 5.16 Å². The number of rotatable bonds is 5. The number of nitrogens with one attached hydrogen (secondary N) is 1. The molecule has 3 atom stereocenters. The average molecular weight is 347 g/mol. The minimum absolute atomic E-state index is 0.0879. The number of aromatic nitrogens is 1. The highest BCUT2D eigenvalue weighted by atomic mass is 16.5. The Labute approximate surface area is 149 Å². The number of hydrogen-bond donors (Lipinski definition) is 1. The number of aryl methyl sites for hydroxylation is 2. The van der Waals surface area contributed by atoms with Crippen LogP contribution in [0.2, 0.25) is 0 Å². The predicted molar refractivity (Wildman–Crippen MR) is 92.9 cm³/mol. The van der Waals surface area contributed by atoms with Crippen molar-refractivity contribution in [2.45, 2.75) is 52.2 Å². The Hall–Kier alpha value is -1.40. The van der Waals surface area contributed by atoms with E-state index in [-0.39, 0.29) is 17.9 Å². The number of hydrogen-bond acceptors (Lipinski definition) is 5. The highest BCUT2D eigenvalue weighted by Gasteiger charge is 2.42. The zero-order valence-corrected chi connectivity index (χ0v) is 15.3. The summed E-state index contributed by atoms with van der Waals surface area (Å²) >= 11 is 0. The maximum Gasteiger partial charge on any atom is 0.223 e. The second kappa shape index (κ2) is 7.08. The molecule has 2 saturated heterocycles. The summed E-state index contributed by atoms with van der Waals surface area (Å²) in [5.74, 6) is 2.25. The molecule has 6 heteroatoms. The van der Waals surface area contributed by atoms with Crippen LogP contribution in [0.25, 0.3) is 0 Å². The van der Waals surface area contributed by atoms with E-state index in [1.165, 1.54) is 18.4 Å². The summed E-state index contributed by atoms with van der Waals surface area (Å²) < 4.78 is 11.3. The van der Waals surface area contributed by atoms with E-state index in [0.29, 0.717) is 12.5 Å². The molecule has 3 fully saturated rings. The molecule has 1 saturated carbocycles. The standard InChI is InChI=1S/C19H29N3O3/c1-12-16(13(2)25-21-12)10-22-7-5-18-17(11-22)15(6-8-24-18)19(23)20-9-14-3-4-14/h14-15,17-18H,3-11H2,1-2H3,(H,20,23)/t15-,17+,18-/m1/s1. The molecule has 138 valence electrons. The Morgan fingerprint density at radius 2 is 2.12 bits per heavy atom. The van der Waals surface area contributed by atoms with Gasteiger partial charge in [-0.3, -0.25) is 9.69 Å². The lowest BCUT2D eigenvalue weighted by atomic mass is 9.79. The first kappa shape index (κ1) is 17.0. The molecule has 2 aliphatic heterocycles. The van der Waals surface area contributed by atoms with Crippen LogP contribution in [-0.4, -0.2) is 48.3 Å². The molecule has 1 aromatic rings. The van der Waals surface area contributed by atoms with Crippen molar-refractivity contribution in [2.24, 2.45) is 17.8 Å². The van der Waals surface area contributed by atoms with Crippen molar-refractivity contribution in [3.63, 3.8) is 0 Å². The molecule has 1 amide bonds. The van der Waals surface area contributed by atoms with Crippen molar-refractivity contribution >= 4 is 5.91 Å². The van der Waals surface area contributed by atoms with Gasteiger partial charge in [0.1, 0.15) is 5.76 Å². The number of fused-ring (bicyclic) bond motifs is 1. The van der Waals surface area contributed by atoms with Crippen molar-refractivity contribution in [2.75, 3.05) is 26.2 Å². The highest BCUT2D eigenvalue weighted by molar-refractivity contribution is 5.79. The third kappa shape index (κ3) is 3.75. The first-order valence-electron chi connectivity index (χ1n) is 9.65. The van der Waals surface area contributed by atoms with Gasteiger partial charge in [0.2, 0.25) is 5.91 Å². The van der Waals surface area contributed by atoms with E-state index in [1.54, 1.807) is 0 Å². The molecule has 6 nitrogen and oxygen atoms in total. The van der Waals surface area contributed by atoms with Crippen LogP contribution in [0.15, 0.2) is 4.52 Å². The number of nitrogens with zero attached hydrogens (tertiary/aromatic N) is 2. The molecule has 25 heavy (non-hydrogen) atoms. The lowest BCUT2D eigenvalue weighted by Gasteiger charge is -2.44. The van der Waals surface area contributed by atoms with Crippen LogP contribution in [0.3, 0.4) is 0 Å². The monoisotopic (exact) mass is 347 g/mol. The van der Waals surface area contributed by atoms with Crippen LogP contribution in [0, 0.1) is 31.6 Å². The lowest BCUT2D eigenvalue weighted by molar-refractivity contribution is -0.142. The van der Waals surface area contributed by atoms with E-state index in [9.17, 15) is 4.79 Å². The van der Waals surface area contributed by atoms with Gasteiger partial charge in [-0.2, -0.15) is 0 Å². The van der Waals surface area contributed by atoms with Crippen molar-refractivity contribution in [3.05, 3.63) is 17.0 Å². The molecular formula is C19H29N3O3. The molecule has 3 heterocycles. The smallest absolute Gasteiger partial charge is 0.223 e. The highest BCUT2D eigenvalue weighted by Crippen LogP contribution is 2.34. The van der Waals surface area contributed by atoms with E-state index in [0.717, 1.165) is 56.4 Å². The number of carbonyl (C=O) groups is 1. The molecule has 0 aromatic carbocycles. The molecule has 1 aliphatic carbocycles. The van der Waals surface area contributed by atoms with Crippen molar-refractivity contribution in [1.29, 1.82) is 0 Å². The Morgan fingerprint density at radius 1 is 1.28 bits per heavy atom. The van der Waals surface area contributed by atoms with E-state index in [2.05, 4.69) is 15.4 Å². The number of amides is 1. The van der Waals surface area contributed by atoms with Crippen molar-refractivity contribution in [1.82, 2.24) is 15.4 Å². The number of ether oxygens (including phenoxy) is 1. The van der Waals surface area contributed by atoms with Gasteiger partial charge in [0.05, 0.1) is 11.8 Å². The van der Waals surface area contributed by atoms with Gasteiger partial charge in [0.15, 0.2) is 0 Å². The summed E-state index contributed by atoms with van der Waals surface area (Å²) in [6.07, 6.45) is 4.61. The van der Waals surface area contributed by atoms with Crippen LogP contribution in [0.4, 0.5) is 0 Å². The maximum absolute atomic E-state index is 12.7. The first-order chi connectivity index (χ1) is 12.1. The third-order valence-electron chi connectivity index (χ3n) is 6.12. The molecule has 0 radical (unpaired) electrons.